The molecule has 7 heteroatoms. The number of sulfone groups is 1. The zero-order chi connectivity index (χ0) is 12.5. The second-order valence-corrected chi connectivity index (χ2v) is 6.92. The SMILES string of the molecule is Cc1cnc(Cl)nc1NCC1CCCS1(=O)=O. The lowest BCUT2D eigenvalue weighted by atomic mass is 10.2. The van der Waals surface area contributed by atoms with Crippen LogP contribution >= 0.6 is 11.6 Å². The molecule has 2 heterocycles. The molecule has 1 N–H and O–H groups in total. The molecule has 0 bridgehead atoms. The van der Waals surface area contributed by atoms with Gasteiger partial charge in [-0.15, -0.1) is 0 Å². The molecule has 0 aromatic carbocycles. The zero-order valence-electron chi connectivity index (χ0n) is 9.48. The molecule has 0 aliphatic carbocycles. The van der Waals surface area contributed by atoms with E-state index in [0.717, 1.165) is 12.0 Å². The number of nitrogens with zero attached hydrogens (tertiary/aromatic N) is 2. The van der Waals surface area contributed by atoms with Crippen molar-refractivity contribution in [2.75, 3.05) is 17.6 Å². The van der Waals surface area contributed by atoms with Crippen molar-refractivity contribution >= 4 is 27.3 Å². The van der Waals surface area contributed by atoms with E-state index >= 15 is 0 Å². The monoisotopic (exact) mass is 275 g/mol. The summed E-state index contributed by atoms with van der Waals surface area (Å²) in [6.07, 6.45) is 3.08. The quantitative estimate of drug-likeness (QED) is 0.845. The largest absolute Gasteiger partial charge is 0.368 e. The summed E-state index contributed by atoms with van der Waals surface area (Å²) in [7, 11) is -2.92. The number of anilines is 1. The molecule has 1 saturated heterocycles. The van der Waals surface area contributed by atoms with Crippen LogP contribution in [0.25, 0.3) is 0 Å². The molecule has 0 radical (unpaired) electrons. The van der Waals surface area contributed by atoms with Gasteiger partial charge in [0.25, 0.3) is 0 Å². The Kier molecular flexibility index (Phi) is 3.53. The van der Waals surface area contributed by atoms with E-state index in [1.807, 2.05) is 6.92 Å². The Labute approximate surface area is 106 Å². The van der Waals surface area contributed by atoms with Crippen LogP contribution in [0.3, 0.4) is 0 Å². The second kappa shape index (κ2) is 4.78. The van der Waals surface area contributed by atoms with Gasteiger partial charge in [-0.3, -0.25) is 0 Å². The van der Waals surface area contributed by atoms with Gasteiger partial charge in [-0.25, -0.2) is 18.4 Å². The van der Waals surface area contributed by atoms with Crippen LogP contribution in [-0.2, 0) is 9.84 Å². The first kappa shape index (κ1) is 12.6. The lowest BCUT2D eigenvalue weighted by Gasteiger charge is -2.12. The minimum Gasteiger partial charge on any atom is -0.368 e. The van der Waals surface area contributed by atoms with E-state index in [1.165, 1.54) is 0 Å². The summed E-state index contributed by atoms with van der Waals surface area (Å²) < 4.78 is 23.3. The van der Waals surface area contributed by atoms with Crippen molar-refractivity contribution in [3.8, 4) is 0 Å². The Morgan fingerprint density at radius 3 is 3.00 bits per heavy atom. The molecular formula is C10H14ClN3O2S. The molecule has 1 unspecified atom stereocenters. The third kappa shape index (κ3) is 2.87. The van der Waals surface area contributed by atoms with Gasteiger partial charge in [0.05, 0.1) is 11.0 Å². The molecular weight excluding hydrogens is 262 g/mol. The summed E-state index contributed by atoms with van der Waals surface area (Å²) >= 11 is 5.69. The van der Waals surface area contributed by atoms with Crippen molar-refractivity contribution < 1.29 is 8.42 Å². The first-order chi connectivity index (χ1) is 7.99. The fourth-order valence-electron chi connectivity index (χ4n) is 1.90. The number of nitrogens with one attached hydrogen (secondary N) is 1. The van der Waals surface area contributed by atoms with Crippen molar-refractivity contribution in [2.45, 2.75) is 25.0 Å². The van der Waals surface area contributed by atoms with Gasteiger partial charge < -0.3 is 5.32 Å². The van der Waals surface area contributed by atoms with Gasteiger partial charge in [0.1, 0.15) is 5.82 Å². The number of rotatable bonds is 3. The standard InChI is InChI=1S/C10H14ClN3O2S/c1-7-5-13-10(11)14-9(7)12-6-8-3-2-4-17(8,15)16/h5,8H,2-4,6H2,1H3,(H,12,13,14). The van der Waals surface area contributed by atoms with Crippen LogP contribution in [0.2, 0.25) is 5.28 Å². The zero-order valence-corrected chi connectivity index (χ0v) is 11.1. The molecule has 0 saturated carbocycles. The van der Waals surface area contributed by atoms with E-state index in [-0.39, 0.29) is 10.5 Å². The highest BCUT2D eigenvalue weighted by atomic mass is 35.5. The molecule has 0 spiro atoms. The van der Waals surface area contributed by atoms with Crippen LogP contribution in [0.1, 0.15) is 18.4 Å². The molecule has 94 valence electrons. The highest BCUT2D eigenvalue weighted by Gasteiger charge is 2.30. The van der Waals surface area contributed by atoms with Gasteiger partial charge in [0, 0.05) is 18.3 Å². The number of aromatic nitrogens is 2. The highest BCUT2D eigenvalue weighted by molar-refractivity contribution is 7.92. The highest BCUT2D eigenvalue weighted by Crippen LogP contribution is 2.21. The normalized spacial score (nSPS) is 22.6. The van der Waals surface area contributed by atoms with Gasteiger partial charge >= 0.3 is 0 Å². The predicted molar refractivity (Wildman–Crippen MR) is 67.1 cm³/mol. The van der Waals surface area contributed by atoms with Crippen LogP contribution in [-0.4, -0.2) is 35.9 Å². The predicted octanol–water partition coefficient (Wildman–Crippen LogP) is 1.43. The van der Waals surface area contributed by atoms with Gasteiger partial charge in [-0.1, -0.05) is 0 Å². The summed E-state index contributed by atoms with van der Waals surface area (Å²) in [5.74, 6) is 0.898. The van der Waals surface area contributed by atoms with E-state index < -0.39 is 9.84 Å². The number of hydrogen-bond acceptors (Lipinski definition) is 5. The third-order valence-electron chi connectivity index (χ3n) is 2.90. The fraction of sp³-hybridized carbons (Fsp3) is 0.600. The summed E-state index contributed by atoms with van der Waals surface area (Å²) in [5.41, 5.74) is 0.852. The van der Waals surface area contributed by atoms with Gasteiger partial charge in [-0.05, 0) is 31.4 Å². The summed E-state index contributed by atoms with van der Waals surface area (Å²) in [6, 6.07) is 0. The van der Waals surface area contributed by atoms with Crippen LogP contribution in [0.5, 0.6) is 0 Å². The van der Waals surface area contributed by atoms with Crippen LogP contribution in [0.15, 0.2) is 6.20 Å². The summed E-state index contributed by atoms with van der Waals surface area (Å²) in [6.45, 7) is 2.23. The van der Waals surface area contributed by atoms with Crippen LogP contribution in [0.4, 0.5) is 5.82 Å². The number of aryl methyl sites for hydroxylation is 1. The Morgan fingerprint density at radius 1 is 1.59 bits per heavy atom. The molecule has 1 aliphatic rings. The molecule has 1 aromatic rings. The molecule has 1 aliphatic heterocycles. The molecule has 2 rings (SSSR count). The molecule has 1 fully saturated rings. The van der Waals surface area contributed by atoms with Crippen LogP contribution in [0, 0.1) is 6.92 Å². The Bertz CT molecular complexity index is 518. The molecule has 1 atom stereocenters. The first-order valence-electron chi connectivity index (χ1n) is 5.43. The molecule has 5 nitrogen and oxygen atoms in total. The van der Waals surface area contributed by atoms with Gasteiger partial charge in [-0.2, -0.15) is 0 Å². The molecule has 17 heavy (non-hydrogen) atoms. The maximum atomic E-state index is 11.6. The fourth-order valence-corrected chi connectivity index (χ4v) is 3.80. The minimum absolute atomic E-state index is 0.160. The van der Waals surface area contributed by atoms with E-state index in [2.05, 4.69) is 15.3 Å². The van der Waals surface area contributed by atoms with Gasteiger partial charge in [0.15, 0.2) is 9.84 Å². The number of halogens is 1. The van der Waals surface area contributed by atoms with Gasteiger partial charge in [0.2, 0.25) is 5.28 Å². The maximum Gasteiger partial charge on any atom is 0.224 e. The Morgan fingerprint density at radius 2 is 2.35 bits per heavy atom. The average Bonchev–Trinajstić information content (AvgIpc) is 2.59. The first-order valence-corrected chi connectivity index (χ1v) is 7.53. The number of hydrogen-bond donors (Lipinski definition) is 1. The van der Waals surface area contributed by atoms with Crippen molar-refractivity contribution in [3.63, 3.8) is 0 Å². The van der Waals surface area contributed by atoms with Crippen LogP contribution < -0.4 is 5.32 Å². The van der Waals surface area contributed by atoms with E-state index in [0.29, 0.717) is 24.5 Å². The Hall–Kier alpha value is -0.880. The Balaban J connectivity index is 2.05. The van der Waals surface area contributed by atoms with Crippen molar-refractivity contribution in [1.82, 2.24) is 9.97 Å². The topological polar surface area (TPSA) is 72.0 Å². The lowest BCUT2D eigenvalue weighted by Crippen LogP contribution is -2.25. The summed E-state index contributed by atoms with van der Waals surface area (Å²) in [4.78, 5) is 7.87. The molecule has 1 aromatic heterocycles. The smallest absolute Gasteiger partial charge is 0.224 e. The van der Waals surface area contributed by atoms with Crippen molar-refractivity contribution in [1.29, 1.82) is 0 Å². The maximum absolute atomic E-state index is 11.6. The van der Waals surface area contributed by atoms with E-state index in [4.69, 9.17) is 11.6 Å². The van der Waals surface area contributed by atoms with Crippen molar-refractivity contribution in [2.24, 2.45) is 0 Å². The summed E-state index contributed by atoms with van der Waals surface area (Å²) in [5, 5.41) is 2.89. The van der Waals surface area contributed by atoms with E-state index in [9.17, 15) is 8.42 Å². The third-order valence-corrected chi connectivity index (χ3v) is 5.36. The average molecular weight is 276 g/mol. The lowest BCUT2D eigenvalue weighted by molar-refractivity contribution is 0.591. The second-order valence-electron chi connectivity index (χ2n) is 4.18. The van der Waals surface area contributed by atoms with Crippen molar-refractivity contribution in [3.05, 3.63) is 17.0 Å². The van der Waals surface area contributed by atoms with E-state index in [1.54, 1.807) is 6.20 Å². The minimum atomic E-state index is -2.92. The molecule has 0 amide bonds.